The molecule has 0 radical (unpaired) electrons. The van der Waals surface area contributed by atoms with Gasteiger partial charge in [0.25, 0.3) is 0 Å². The molecule has 1 aliphatic rings. The smallest absolute Gasteiger partial charge is 0.142 e. The largest absolute Gasteiger partial charge is 0.464 e. The molecular formula is C20H21NO. The van der Waals surface area contributed by atoms with E-state index in [1.54, 1.807) is 19.5 Å². The maximum absolute atomic E-state index is 5.31. The average molecular weight is 291 g/mol. The summed E-state index contributed by atoms with van der Waals surface area (Å²) in [5.41, 5.74) is 3.46. The monoisotopic (exact) mass is 291 g/mol. The third-order valence-electron chi connectivity index (χ3n) is 4.11. The van der Waals surface area contributed by atoms with E-state index in [1.807, 2.05) is 24.3 Å². The second-order valence-electron chi connectivity index (χ2n) is 5.80. The van der Waals surface area contributed by atoms with Crippen LogP contribution < -0.4 is 0 Å². The second-order valence-corrected chi connectivity index (χ2v) is 5.80. The molecular weight excluding hydrogens is 270 g/mol. The van der Waals surface area contributed by atoms with Crippen molar-refractivity contribution in [2.45, 2.75) is 19.3 Å². The van der Waals surface area contributed by atoms with Crippen molar-refractivity contribution in [1.82, 2.24) is 0 Å². The van der Waals surface area contributed by atoms with Crippen molar-refractivity contribution in [3.05, 3.63) is 72.0 Å². The van der Waals surface area contributed by atoms with Crippen LogP contribution in [0.1, 0.15) is 30.4 Å². The van der Waals surface area contributed by atoms with E-state index in [-0.39, 0.29) is 0 Å². The van der Waals surface area contributed by atoms with Gasteiger partial charge in [-0.05, 0) is 36.0 Å². The highest BCUT2D eigenvalue weighted by Gasteiger charge is 2.33. The topological polar surface area (TPSA) is 25.5 Å². The SMILES string of the molecule is CN=Cc1cccc2ccoc12.C[C@H]1C[C@@H]1c1ccccc1. The lowest BCUT2D eigenvalue weighted by atomic mass is 10.1. The Labute approximate surface area is 131 Å². The maximum atomic E-state index is 5.31. The molecule has 0 saturated heterocycles. The normalized spacial score (nSPS) is 19.9. The molecule has 2 aromatic carbocycles. The number of benzene rings is 2. The van der Waals surface area contributed by atoms with Gasteiger partial charge in [0, 0.05) is 24.2 Å². The fourth-order valence-electron chi connectivity index (χ4n) is 2.74. The van der Waals surface area contributed by atoms with Crippen LogP contribution in [-0.4, -0.2) is 13.3 Å². The average Bonchev–Trinajstić information content (AvgIpc) is 3.09. The van der Waals surface area contributed by atoms with Crippen LogP contribution in [0.3, 0.4) is 0 Å². The molecule has 1 heterocycles. The molecule has 0 N–H and O–H groups in total. The zero-order chi connectivity index (χ0) is 15.4. The minimum atomic E-state index is 0.876. The van der Waals surface area contributed by atoms with Gasteiger partial charge in [-0.15, -0.1) is 0 Å². The summed E-state index contributed by atoms with van der Waals surface area (Å²) in [6.07, 6.45) is 4.88. The number of aliphatic imine (C=N–C) groups is 1. The van der Waals surface area contributed by atoms with Crippen LogP contribution in [0.4, 0.5) is 0 Å². The Balaban J connectivity index is 0.000000133. The van der Waals surface area contributed by atoms with Gasteiger partial charge in [-0.25, -0.2) is 0 Å². The molecule has 1 aliphatic carbocycles. The summed E-state index contributed by atoms with van der Waals surface area (Å²) in [5.74, 6) is 1.81. The number of furan rings is 1. The summed E-state index contributed by atoms with van der Waals surface area (Å²) in [5, 5.41) is 1.12. The number of fused-ring (bicyclic) bond motifs is 1. The highest BCUT2D eigenvalue weighted by atomic mass is 16.3. The van der Waals surface area contributed by atoms with Gasteiger partial charge in [0.2, 0.25) is 0 Å². The van der Waals surface area contributed by atoms with Crippen molar-refractivity contribution < 1.29 is 4.42 Å². The Morgan fingerprint density at radius 1 is 1.05 bits per heavy atom. The highest BCUT2D eigenvalue weighted by molar-refractivity contribution is 5.96. The van der Waals surface area contributed by atoms with E-state index in [9.17, 15) is 0 Å². The number of nitrogens with zero attached hydrogens (tertiary/aromatic N) is 1. The molecule has 2 atom stereocenters. The second kappa shape index (κ2) is 6.61. The minimum absolute atomic E-state index is 0.876. The van der Waals surface area contributed by atoms with Crippen molar-refractivity contribution in [1.29, 1.82) is 0 Å². The first-order valence-corrected chi connectivity index (χ1v) is 7.73. The van der Waals surface area contributed by atoms with Crippen molar-refractivity contribution in [2.24, 2.45) is 10.9 Å². The number of rotatable bonds is 2. The Bertz CT molecular complexity index is 757. The molecule has 0 bridgehead atoms. The van der Waals surface area contributed by atoms with Gasteiger partial charge in [-0.1, -0.05) is 49.4 Å². The molecule has 1 fully saturated rings. The van der Waals surface area contributed by atoms with Crippen molar-refractivity contribution in [2.75, 3.05) is 7.05 Å². The van der Waals surface area contributed by atoms with Crippen molar-refractivity contribution in [3.63, 3.8) is 0 Å². The molecule has 2 heteroatoms. The zero-order valence-electron chi connectivity index (χ0n) is 13.1. The van der Waals surface area contributed by atoms with Gasteiger partial charge in [0.05, 0.1) is 6.26 Å². The predicted molar refractivity (Wildman–Crippen MR) is 92.7 cm³/mol. The number of para-hydroxylation sites is 1. The molecule has 1 aromatic heterocycles. The van der Waals surface area contributed by atoms with Crippen LogP contribution in [0.2, 0.25) is 0 Å². The van der Waals surface area contributed by atoms with E-state index < -0.39 is 0 Å². The van der Waals surface area contributed by atoms with Crippen molar-refractivity contribution in [3.8, 4) is 0 Å². The molecule has 2 nitrogen and oxygen atoms in total. The number of hydrogen-bond donors (Lipinski definition) is 0. The predicted octanol–water partition coefficient (Wildman–Crippen LogP) is 5.29. The van der Waals surface area contributed by atoms with Crippen LogP contribution in [0.25, 0.3) is 11.0 Å². The van der Waals surface area contributed by atoms with Gasteiger partial charge >= 0.3 is 0 Å². The van der Waals surface area contributed by atoms with E-state index in [0.717, 1.165) is 28.4 Å². The molecule has 3 aromatic rings. The summed E-state index contributed by atoms with van der Waals surface area (Å²) in [6.45, 7) is 2.32. The molecule has 0 aliphatic heterocycles. The van der Waals surface area contributed by atoms with Crippen LogP contribution in [0.5, 0.6) is 0 Å². The molecule has 112 valence electrons. The fourth-order valence-corrected chi connectivity index (χ4v) is 2.74. The van der Waals surface area contributed by atoms with Crippen LogP contribution in [0, 0.1) is 5.92 Å². The summed E-state index contributed by atoms with van der Waals surface area (Å²) in [4.78, 5) is 3.95. The van der Waals surface area contributed by atoms with E-state index >= 15 is 0 Å². The molecule has 1 saturated carbocycles. The van der Waals surface area contributed by atoms with Crippen LogP contribution >= 0.6 is 0 Å². The van der Waals surface area contributed by atoms with Gasteiger partial charge < -0.3 is 4.42 Å². The van der Waals surface area contributed by atoms with Gasteiger partial charge in [0.15, 0.2) is 0 Å². The van der Waals surface area contributed by atoms with Gasteiger partial charge in [-0.3, -0.25) is 4.99 Å². The quantitative estimate of drug-likeness (QED) is 0.589. The molecule has 0 amide bonds. The van der Waals surface area contributed by atoms with Gasteiger partial charge in [0.1, 0.15) is 5.58 Å². The first-order valence-electron chi connectivity index (χ1n) is 7.73. The lowest BCUT2D eigenvalue weighted by molar-refractivity contribution is 0.615. The molecule has 0 spiro atoms. The lowest BCUT2D eigenvalue weighted by Crippen LogP contribution is -1.79. The fraction of sp³-hybridized carbons (Fsp3) is 0.250. The lowest BCUT2D eigenvalue weighted by Gasteiger charge is -1.94. The standard InChI is InChI=1S/C10H9NO.C10H12/c1-11-7-9-4-2-3-8-5-6-12-10(8)9;1-8-7-10(8)9-5-3-2-4-6-9/h2-7H,1H3;2-6,8,10H,7H2,1H3/t;8-,10-/m.0/s1. The summed E-state index contributed by atoms with van der Waals surface area (Å²) in [7, 11) is 1.75. The Kier molecular flexibility index (Phi) is 4.38. The Morgan fingerprint density at radius 2 is 1.82 bits per heavy atom. The maximum Gasteiger partial charge on any atom is 0.142 e. The van der Waals surface area contributed by atoms with E-state index in [0.29, 0.717) is 0 Å². The minimum Gasteiger partial charge on any atom is -0.464 e. The molecule has 4 rings (SSSR count). The van der Waals surface area contributed by atoms with E-state index in [4.69, 9.17) is 4.42 Å². The summed E-state index contributed by atoms with van der Waals surface area (Å²) < 4.78 is 5.31. The molecule has 0 unspecified atom stereocenters. The number of hydrogen-bond acceptors (Lipinski definition) is 2. The van der Waals surface area contributed by atoms with E-state index in [1.165, 1.54) is 12.0 Å². The van der Waals surface area contributed by atoms with Gasteiger partial charge in [-0.2, -0.15) is 0 Å². The summed E-state index contributed by atoms with van der Waals surface area (Å²) >= 11 is 0. The van der Waals surface area contributed by atoms with Crippen LogP contribution in [-0.2, 0) is 0 Å². The Morgan fingerprint density at radius 3 is 2.50 bits per heavy atom. The summed E-state index contributed by atoms with van der Waals surface area (Å²) in [6, 6.07) is 18.7. The first-order chi connectivity index (χ1) is 10.8. The third-order valence-corrected chi connectivity index (χ3v) is 4.11. The first kappa shape index (κ1) is 14.6. The highest BCUT2D eigenvalue weighted by Crippen LogP contribution is 2.46. The molecule has 22 heavy (non-hydrogen) atoms. The Hall–Kier alpha value is -2.35. The van der Waals surface area contributed by atoms with Crippen molar-refractivity contribution >= 4 is 17.2 Å². The third kappa shape index (κ3) is 3.28. The van der Waals surface area contributed by atoms with Crippen LogP contribution in [0.15, 0.2) is 70.3 Å². The zero-order valence-corrected chi connectivity index (χ0v) is 13.1. The van der Waals surface area contributed by atoms with E-state index in [2.05, 4.69) is 42.2 Å².